The maximum atomic E-state index is 9.58. The molecular weight excluding hydrogens is 260 g/mol. The van der Waals surface area contributed by atoms with E-state index in [-0.39, 0.29) is 5.76 Å². The number of aliphatic hydroxyl groups excluding tert-OH is 1. The third kappa shape index (κ3) is 2.24. The molecule has 1 aromatic heterocycles. The number of aromatic nitrogens is 1. The highest BCUT2D eigenvalue weighted by atomic mass is 16.3. The molecule has 0 saturated carbocycles. The lowest BCUT2D eigenvalue weighted by Crippen LogP contribution is -1.90. The largest absolute Gasteiger partial charge is 0.508 e. The molecule has 0 radical (unpaired) electrons. The second-order valence-corrected chi connectivity index (χ2v) is 4.70. The number of nitrogens with zero attached hydrogens (tertiary/aromatic N) is 2. The summed E-state index contributed by atoms with van der Waals surface area (Å²) in [5, 5.41) is 20.8. The minimum absolute atomic E-state index is 0.0215. The second kappa shape index (κ2) is 5.10. The van der Waals surface area contributed by atoms with Crippen LogP contribution >= 0.6 is 0 Å². The van der Waals surface area contributed by atoms with Crippen molar-refractivity contribution in [2.75, 3.05) is 0 Å². The summed E-state index contributed by atoms with van der Waals surface area (Å²) in [5.41, 5.74) is 2.70. The normalized spacial score (nSPS) is 10.2. The number of aliphatic hydroxyl groups is 1. The van der Waals surface area contributed by atoms with Crippen LogP contribution in [0.3, 0.4) is 0 Å². The second-order valence-electron chi connectivity index (χ2n) is 4.70. The summed E-state index contributed by atoms with van der Waals surface area (Å²) in [4.78, 5) is 4.34. The van der Waals surface area contributed by atoms with Crippen LogP contribution in [0.25, 0.3) is 27.8 Å². The zero-order chi connectivity index (χ0) is 14.8. The van der Waals surface area contributed by atoms with Crippen LogP contribution in [-0.4, -0.2) is 10.1 Å². The minimum Gasteiger partial charge on any atom is -0.508 e. The van der Waals surface area contributed by atoms with Crippen LogP contribution in [0, 0.1) is 11.3 Å². The Hall–Kier alpha value is -3.12. The Morgan fingerprint density at radius 1 is 1.14 bits per heavy atom. The zero-order valence-electron chi connectivity index (χ0n) is 11.2. The van der Waals surface area contributed by atoms with Crippen LogP contribution in [0.15, 0.2) is 61.3 Å². The molecule has 0 saturated heterocycles. The molecule has 0 atom stereocenters. The number of nitriles is 1. The fourth-order valence-corrected chi connectivity index (χ4v) is 2.37. The molecule has 3 heteroatoms. The van der Waals surface area contributed by atoms with Gasteiger partial charge in [0.1, 0.15) is 11.8 Å². The van der Waals surface area contributed by atoms with Crippen LogP contribution in [0.1, 0.15) is 11.1 Å². The van der Waals surface area contributed by atoms with Gasteiger partial charge in [-0.3, -0.25) is 4.98 Å². The first-order chi connectivity index (χ1) is 10.2. The van der Waals surface area contributed by atoms with Crippen LogP contribution in [-0.2, 0) is 0 Å². The van der Waals surface area contributed by atoms with Crippen molar-refractivity contribution in [1.29, 1.82) is 5.26 Å². The lowest BCUT2D eigenvalue weighted by atomic mass is 9.97. The Kier molecular flexibility index (Phi) is 3.13. The van der Waals surface area contributed by atoms with E-state index < -0.39 is 0 Å². The summed E-state index contributed by atoms with van der Waals surface area (Å²) in [6.45, 7) is 3.56. The topological polar surface area (TPSA) is 56.9 Å². The molecule has 1 heterocycles. The highest BCUT2D eigenvalue weighted by Gasteiger charge is 2.10. The number of hydrogen-bond donors (Lipinski definition) is 1. The first-order valence-electron chi connectivity index (χ1n) is 6.47. The van der Waals surface area contributed by atoms with Gasteiger partial charge in [-0.2, -0.15) is 5.26 Å². The maximum Gasteiger partial charge on any atom is 0.115 e. The Bertz CT molecular complexity index is 891. The smallest absolute Gasteiger partial charge is 0.115 e. The molecule has 3 nitrogen and oxygen atoms in total. The first kappa shape index (κ1) is 12.9. The van der Waals surface area contributed by atoms with Crippen molar-refractivity contribution in [3.05, 3.63) is 72.4 Å². The molecule has 0 spiro atoms. The van der Waals surface area contributed by atoms with Crippen LogP contribution < -0.4 is 0 Å². The Morgan fingerprint density at radius 3 is 2.76 bits per heavy atom. The predicted octanol–water partition coefficient (Wildman–Crippen LogP) is 4.30. The van der Waals surface area contributed by atoms with Crippen molar-refractivity contribution in [2.45, 2.75) is 0 Å². The number of benzene rings is 2. The van der Waals surface area contributed by atoms with Gasteiger partial charge in [-0.15, -0.1) is 0 Å². The molecule has 21 heavy (non-hydrogen) atoms. The van der Waals surface area contributed by atoms with E-state index in [1.54, 1.807) is 18.3 Å². The number of pyridine rings is 1. The van der Waals surface area contributed by atoms with Crippen molar-refractivity contribution in [3.63, 3.8) is 0 Å². The van der Waals surface area contributed by atoms with Gasteiger partial charge in [-0.05, 0) is 29.0 Å². The fraction of sp³-hybridized carbons (Fsp3) is 0. The van der Waals surface area contributed by atoms with Gasteiger partial charge in [0.15, 0.2) is 0 Å². The SMILES string of the molecule is C=C(O)c1ccc2cccc(-c3ncccc3C#N)c2c1. The van der Waals surface area contributed by atoms with E-state index in [0.29, 0.717) is 16.8 Å². The average molecular weight is 272 g/mol. The molecule has 0 aliphatic heterocycles. The first-order valence-corrected chi connectivity index (χ1v) is 6.47. The van der Waals surface area contributed by atoms with Crippen LogP contribution in [0.2, 0.25) is 0 Å². The standard InChI is InChI=1S/C18H12N2O/c1-12(21)14-8-7-13-4-2-6-16(17(13)10-14)18-15(11-19)5-3-9-20-18/h2-10,21H,1H2. The van der Waals surface area contributed by atoms with Crippen LogP contribution in [0.4, 0.5) is 0 Å². The molecule has 1 N–H and O–H groups in total. The van der Waals surface area contributed by atoms with E-state index >= 15 is 0 Å². The fourth-order valence-electron chi connectivity index (χ4n) is 2.37. The molecule has 0 fully saturated rings. The molecule has 0 bridgehead atoms. The van der Waals surface area contributed by atoms with Gasteiger partial charge in [0.25, 0.3) is 0 Å². The van der Waals surface area contributed by atoms with Crippen molar-refractivity contribution < 1.29 is 5.11 Å². The van der Waals surface area contributed by atoms with E-state index in [1.165, 1.54) is 0 Å². The molecular formula is C18H12N2O. The van der Waals surface area contributed by atoms with Crippen molar-refractivity contribution in [3.8, 4) is 17.3 Å². The molecule has 2 aromatic carbocycles. The Balaban J connectivity index is 2.35. The maximum absolute atomic E-state index is 9.58. The molecule has 3 rings (SSSR count). The third-order valence-corrected chi connectivity index (χ3v) is 3.40. The number of rotatable bonds is 2. The molecule has 3 aromatic rings. The third-order valence-electron chi connectivity index (χ3n) is 3.40. The number of hydrogen-bond acceptors (Lipinski definition) is 3. The summed E-state index contributed by atoms with van der Waals surface area (Å²) in [7, 11) is 0. The summed E-state index contributed by atoms with van der Waals surface area (Å²) in [6, 6.07) is 17.1. The monoisotopic (exact) mass is 272 g/mol. The van der Waals surface area contributed by atoms with Gasteiger partial charge in [-0.1, -0.05) is 36.9 Å². The van der Waals surface area contributed by atoms with E-state index in [1.807, 2.05) is 36.4 Å². The molecule has 0 aliphatic rings. The van der Waals surface area contributed by atoms with Crippen molar-refractivity contribution >= 4 is 16.5 Å². The minimum atomic E-state index is 0.0215. The van der Waals surface area contributed by atoms with Gasteiger partial charge in [0, 0.05) is 17.3 Å². The van der Waals surface area contributed by atoms with Crippen LogP contribution in [0.5, 0.6) is 0 Å². The van der Waals surface area contributed by atoms with E-state index in [4.69, 9.17) is 0 Å². The molecule has 0 unspecified atom stereocenters. The van der Waals surface area contributed by atoms with Gasteiger partial charge >= 0.3 is 0 Å². The van der Waals surface area contributed by atoms with Gasteiger partial charge < -0.3 is 5.11 Å². The quantitative estimate of drug-likeness (QED) is 0.707. The lowest BCUT2D eigenvalue weighted by Gasteiger charge is -2.09. The van der Waals surface area contributed by atoms with Crippen molar-refractivity contribution in [1.82, 2.24) is 4.98 Å². The summed E-state index contributed by atoms with van der Waals surface area (Å²) >= 11 is 0. The molecule has 100 valence electrons. The summed E-state index contributed by atoms with van der Waals surface area (Å²) < 4.78 is 0. The molecule has 0 aliphatic carbocycles. The van der Waals surface area contributed by atoms with E-state index in [9.17, 15) is 10.4 Å². The van der Waals surface area contributed by atoms with E-state index in [0.717, 1.165) is 16.3 Å². The highest BCUT2D eigenvalue weighted by molar-refractivity contribution is 5.98. The average Bonchev–Trinajstić information content (AvgIpc) is 2.53. The zero-order valence-corrected chi connectivity index (χ0v) is 11.2. The summed E-state index contributed by atoms with van der Waals surface area (Å²) in [6.07, 6.45) is 1.67. The predicted molar refractivity (Wildman–Crippen MR) is 83.6 cm³/mol. The lowest BCUT2D eigenvalue weighted by molar-refractivity contribution is 0.514. The van der Waals surface area contributed by atoms with E-state index in [2.05, 4.69) is 17.6 Å². The number of fused-ring (bicyclic) bond motifs is 1. The Morgan fingerprint density at radius 2 is 2.00 bits per heavy atom. The Labute approximate surface area is 122 Å². The van der Waals surface area contributed by atoms with Gasteiger partial charge in [0.2, 0.25) is 0 Å². The van der Waals surface area contributed by atoms with Gasteiger partial charge in [0.05, 0.1) is 11.3 Å². The van der Waals surface area contributed by atoms with Crippen molar-refractivity contribution in [2.24, 2.45) is 0 Å². The summed E-state index contributed by atoms with van der Waals surface area (Å²) in [5.74, 6) is 0.0215. The van der Waals surface area contributed by atoms with Gasteiger partial charge in [-0.25, -0.2) is 0 Å². The molecule has 0 amide bonds. The highest BCUT2D eigenvalue weighted by Crippen LogP contribution is 2.30.